The minimum absolute atomic E-state index is 0.0693. The molecule has 0 aromatic heterocycles. The van der Waals surface area contributed by atoms with Gasteiger partial charge in [-0.15, -0.1) is 0 Å². The minimum Gasteiger partial charge on any atom is -0.399 e. The highest BCUT2D eigenvalue weighted by atomic mass is 79.9. The third kappa shape index (κ3) is 4.40. The summed E-state index contributed by atoms with van der Waals surface area (Å²) < 4.78 is 62.1. The summed E-state index contributed by atoms with van der Waals surface area (Å²) in [5, 5.41) is 0. The number of sulfonamides is 1. The van der Waals surface area contributed by atoms with Crippen molar-refractivity contribution in [3.8, 4) is 0 Å². The number of halogens is 2. The molecule has 0 fully saturated rings. The maximum Gasteiger partial charge on any atom is 0.243 e. The summed E-state index contributed by atoms with van der Waals surface area (Å²) in [5.41, 5.74) is 5.53. The smallest absolute Gasteiger partial charge is 0.243 e. The number of nitrogens with one attached hydrogen (secondary N) is 1. The van der Waals surface area contributed by atoms with E-state index < -0.39 is 30.6 Å². The highest BCUT2D eigenvalue weighted by Crippen LogP contribution is 2.25. The Bertz CT molecular complexity index is 704. The average molecular weight is 389 g/mol. The topological polar surface area (TPSA) is 106 Å². The van der Waals surface area contributed by atoms with Gasteiger partial charge in [0.2, 0.25) is 10.0 Å². The molecule has 10 heteroatoms. The van der Waals surface area contributed by atoms with Gasteiger partial charge in [0.1, 0.15) is 4.90 Å². The molecule has 0 aliphatic carbocycles. The Labute approximate surface area is 125 Å². The number of nitrogens with two attached hydrogens (primary N) is 1. The molecule has 6 nitrogen and oxygen atoms in total. The SMILES string of the molecule is CCS(=O)(=O)CCNS(=O)(=O)c1cc(N)cc(Br)c1F. The van der Waals surface area contributed by atoms with E-state index >= 15 is 0 Å². The van der Waals surface area contributed by atoms with Gasteiger partial charge in [-0.2, -0.15) is 0 Å². The first-order chi connectivity index (χ1) is 9.09. The summed E-state index contributed by atoms with van der Waals surface area (Å²) in [6.07, 6.45) is 0. The van der Waals surface area contributed by atoms with Crippen LogP contribution < -0.4 is 10.5 Å². The third-order valence-electron chi connectivity index (χ3n) is 2.45. The molecule has 114 valence electrons. The zero-order valence-corrected chi connectivity index (χ0v) is 13.8. The summed E-state index contributed by atoms with van der Waals surface area (Å²) in [4.78, 5) is -0.627. The van der Waals surface area contributed by atoms with Crippen molar-refractivity contribution in [2.45, 2.75) is 11.8 Å². The van der Waals surface area contributed by atoms with Crippen molar-refractivity contribution in [1.82, 2.24) is 4.72 Å². The Balaban J connectivity index is 2.96. The first-order valence-electron chi connectivity index (χ1n) is 5.53. The van der Waals surface area contributed by atoms with Crippen molar-refractivity contribution in [1.29, 1.82) is 0 Å². The van der Waals surface area contributed by atoms with E-state index in [0.29, 0.717) is 0 Å². The summed E-state index contributed by atoms with van der Waals surface area (Å²) in [7, 11) is -7.47. The number of hydrogen-bond donors (Lipinski definition) is 2. The number of benzene rings is 1. The summed E-state index contributed by atoms with van der Waals surface area (Å²) >= 11 is 2.86. The zero-order valence-electron chi connectivity index (χ0n) is 10.6. The zero-order chi connectivity index (χ0) is 15.6. The molecule has 3 N–H and O–H groups in total. The van der Waals surface area contributed by atoms with Crippen LogP contribution in [0, 0.1) is 5.82 Å². The molecule has 0 heterocycles. The molecule has 0 saturated heterocycles. The van der Waals surface area contributed by atoms with Crippen molar-refractivity contribution >= 4 is 41.5 Å². The van der Waals surface area contributed by atoms with Crippen LogP contribution in [-0.4, -0.2) is 34.9 Å². The van der Waals surface area contributed by atoms with E-state index in [0.717, 1.165) is 6.07 Å². The number of sulfone groups is 1. The molecule has 0 atom stereocenters. The van der Waals surface area contributed by atoms with Crippen molar-refractivity contribution in [2.75, 3.05) is 23.8 Å². The molecule has 0 radical (unpaired) electrons. The van der Waals surface area contributed by atoms with Crippen molar-refractivity contribution in [3.63, 3.8) is 0 Å². The summed E-state index contributed by atoms with van der Waals surface area (Å²) in [6, 6.07) is 2.20. The lowest BCUT2D eigenvalue weighted by atomic mass is 10.3. The van der Waals surface area contributed by atoms with Gasteiger partial charge in [0.05, 0.1) is 10.2 Å². The highest BCUT2D eigenvalue weighted by Gasteiger charge is 2.22. The molecule has 0 spiro atoms. The van der Waals surface area contributed by atoms with E-state index in [4.69, 9.17) is 5.73 Å². The van der Waals surface area contributed by atoms with Gasteiger partial charge in [-0.25, -0.2) is 25.9 Å². The number of rotatable bonds is 6. The van der Waals surface area contributed by atoms with Crippen LogP contribution in [0.2, 0.25) is 0 Å². The Morgan fingerprint density at radius 3 is 2.45 bits per heavy atom. The quantitative estimate of drug-likeness (QED) is 0.703. The molecule has 0 bridgehead atoms. The van der Waals surface area contributed by atoms with E-state index in [1.165, 1.54) is 13.0 Å². The fourth-order valence-corrected chi connectivity index (χ4v) is 3.94. The van der Waals surface area contributed by atoms with Crippen LogP contribution in [0.15, 0.2) is 21.5 Å². The third-order valence-corrected chi connectivity index (χ3v) is 6.19. The predicted molar refractivity (Wildman–Crippen MR) is 78.0 cm³/mol. The molecule has 1 rings (SSSR count). The highest BCUT2D eigenvalue weighted by molar-refractivity contribution is 9.10. The lowest BCUT2D eigenvalue weighted by Gasteiger charge is -2.09. The molecular formula is C10H14BrFN2O4S2. The van der Waals surface area contributed by atoms with Crippen molar-refractivity contribution in [2.24, 2.45) is 0 Å². The van der Waals surface area contributed by atoms with Gasteiger partial charge in [-0.05, 0) is 28.1 Å². The second kappa shape index (κ2) is 6.37. The molecular weight excluding hydrogens is 375 g/mol. The molecule has 0 unspecified atom stereocenters. The molecule has 1 aromatic rings. The van der Waals surface area contributed by atoms with E-state index in [-0.39, 0.29) is 28.2 Å². The van der Waals surface area contributed by atoms with Gasteiger partial charge in [0, 0.05) is 18.0 Å². The van der Waals surface area contributed by atoms with E-state index in [1.54, 1.807) is 0 Å². The van der Waals surface area contributed by atoms with E-state index in [1.807, 2.05) is 4.72 Å². The van der Waals surface area contributed by atoms with Crippen LogP contribution in [0.1, 0.15) is 6.92 Å². The fraction of sp³-hybridized carbons (Fsp3) is 0.400. The van der Waals surface area contributed by atoms with Crippen molar-refractivity contribution in [3.05, 3.63) is 22.4 Å². The Morgan fingerprint density at radius 1 is 1.30 bits per heavy atom. The first-order valence-corrected chi connectivity index (χ1v) is 9.63. The van der Waals surface area contributed by atoms with Crippen LogP contribution in [0.25, 0.3) is 0 Å². The molecule has 0 amide bonds. The average Bonchev–Trinajstić information content (AvgIpc) is 2.33. The first kappa shape index (κ1) is 17.3. The Kier molecular flexibility index (Phi) is 5.53. The second-order valence-electron chi connectivity index (χ2n) is 3.95. The fourth-order valence-electron chi connectivity index (χ4n) is 1.33. The molecule has 1 aromatic carbocycles. The lowest BCUT2D eigenvalue weighted by Crippen LogP contribution is -2.30. The van der Waals surface area contributed by atoms with Gasteiger partial charge < -0.3 is 5.73 Å². The van der Waals surface area contributed by atoms with Gasteiger partial charge in [0.25, 0.3) is 0 Å². The Hall–Kier alpha value is -0.710. The number of anilines is 1. The van der Waals surface area contributed by atoms with E-state index in [9.17, 15) is 21.2 Å². The summed E-state index contributed by atoms with van der Waals surface area (Å²) in [5.74, 6) is -1.43. The minimum atomic E-state index is -4.17. The number of nitrogen functional groups attached to an aromatic ring is 1. The standard InChI is InChI=1S/C10H14BrFN2O4S2/c1-2-19(15,16)4-3-14-20(17,18)9-6-7(13)5-8(11)10(9)12/h5-6,14H,2-4,13H2,1H3. The van der Waals surface area contributed by atoms with Crippen LogP contribution in [-0.2, 0) is 19.9 Å². The van der Waals surface area contributed by atoms with Crippen molar-refractivity contribution < 1.29 is 21.2 Å². The maximum atomic E-state index is 13.8. The molecule has 0 saturated carbocycles. The number of hydrogen-bond acceptors (Lipinski definition) is 5. The predicted octanol–water partition coefficient (Wildman–Crippen LogP) is 0.883. The largest absolute Gasteiger partial charge is 0.399 e. The van der Waals surface area contributed by atoms with E-state index in [2.05, 4.69) is 15.9 Å². The summed E-state index contributed by atoms with van der Waals surface area (Å²) in [6.45, 7) is 1.13. The van der Waals surface area contributed by atoms with Crippen LogP contribution >= 0.6 is 15.9 Å². The Morgan fingerprint density at radius 2 is 1.90 bits per heavy atom. The van der Waals surface area contributed by atoms with Gasteiger partial charge in [-0.3, -0.25) is 0 Å². The normalized spacial score (nSPS) is 12.6. The van der Waals surface area contributed by atoms with Gasteiger partial charge in [0.15, 0.2) is 15.7 Å². The van der Waals surface area contributed by atoms with Crippen LogP contribution in [0.5, 0.6) is 0 Å². The molecule has 0 aliphatic heterocycles. The lowest BCUT2D eigenvalue weighted by molar-refractivity contribution is 0.555. The van der Waals surface area contributed by atoms with Gasteiger partial charge >= 0.3 is 0 Å². The maximum absolute atomic E-state index is 13.8. The molecule has 0 aliphatic rings. The van der Waals surface area contributed by atoms with Gasteiger partial charge in [-0.1, -0.05) is 6.92 Å². The van der Waals surface area contributed by atoms with Crippen LogP contribution in [0.4, 0.5) is 10.1 Å². The van der Waals surface area contributed by atoms with Crippen LogP contribution in [0.3, 0.4) is 0 Å². The molecule has 20 heavy (non-hydrogen) atoms. The second-order valence-corrected chi connectivity index (χ2v) is 9.01. The monoisotopic (exact) mass is 388 g/mol.